The third-order valence-electron chi connectivity index (χ3n) is 4.62. The summed E-state index contributed by atoms with van der Waals surface area (Å²) in [5.41, 5.74) is 2.40. The number of nitrogens with zero attached hydrogens (tertiary/aromatic N) is 3. The molecule has 124 valence electrons. The summed E-state index contributed by atoms with van der Waals surface area (Å²) in [5.74, 6) is 0.145. The molecule has 1 aliphatic heterocycles. The fourth-order valence-corrected chi connectivity index (χ4v) is 3.17. The van der Waals surface area contributed by atoms with Crippen LogP contribution in [0, 0.1) is 19.3 Å². The maximum atomic E-state index is 12.7. The molecule has 3 rings (SSSR count). The third-order valence-corrected chi connectivity index (χ3v) is 4.62. The van der Waals surface area contributed by atoms with Gasteiger partial charge in [0.1, 0.15) is 0 Å². The van der Waals surface area contributed by atoms with Crippen LogP contribution in [0.15, 0.2) is 10.9 Å². The van der Waals surface area contributed by atoms with Crippen molar-refractivity contribution < 1.29 is 4.79 Å². The smallest absolute Gasteiger partial charge is 0.275 e. The number of fused-ring (bicyclic) bond motifs is 1. The molecular formula is C17H24N4O2. The highest BCUT2D eigenvalue weighted by atomic mass is 16.2. The van der Waals surface area contributed by atoms with Crippen molar-refractivity contribution >= 4 is 11.6 Å². The Morgan fingerprint density at radius 2 is 2.04 bits per heavy atom. The zero-order chi connectivity index (χ0) is 16.9. The summed E-state index contributed by atoms with van der Waals surface area (Å²) >= 11 is 0. The maximum Gasteiger partial charge on any atom is 0.275 e. The Hall–Kier alpha value is -2.11. The van der Waals surface area contributed by atoms with E-state index >= 15 is 0 Å². The molecule has 1 atom stereocenters. The molecule has 6 heteroatoms. The first-order chi connectivity index (χ1) is 10.7. The number of carbonyl (C=O) groups excluding carboxylic acids is 1. The minimum Gasteiger partial charge on any atom is -0.334 e. The Kier molecular flexibility index (Phi) is 3.58. The molecule has 1 fully saturated rings. The molecule has 0 radical (unpaired) electrons. The van der Waals surface area contributed by atoms with Crippen LogP contribution in [0.4, 0.5) is 0 Å². The van der Waals surface area contributed by atoms with Crippen LogP contribution >= 0.6 is 0 Å². The molecule has 6 nitrogen and oxygen atoms in total. The van der Waals surface area contributed by atoms with Gasteiger partial charge in [-0.15, -0.1) is 0 Å². The first kappa shape index (κ1) is 15.8. The van der Waals surface area contributed by atoms with Gasteiger partial charge in [-0.2, -0.15) is 0 Å². The van der Waals surface area contributed by atoms with Crippen molar-refractivity contribution in [2.24, 2.45) is 5.41 Å². The molecule has 1 aliphatic rings. The second kappa shape index (κ2) is 5.22. The molecule has 2 aromatic heterocycles. The molecule has 0 saturated carbocycles. The minimum atomic E-state index is -0.406. The van der Waals surface area contributed by atoms with Crippen molar-refractivity contribution in [3.05, 3.63) is 33.4 Å². The van der Waals surface area contributed by atoms with Gasteiger partial charge in [-0.25, -0.2) is 9.50 Å². The van der Waals surface area contributed by atoms with E-state index < -0.39 is 5.41 Å². The molecule has 1 unspecified atom stereocenters. The summed E-state index contributed by atoms with van der Waals surface area (Å²) in [6.07, 6.45) is 1.88. The Bertz CT molecular complexity index is 825. The zero-order valence-electron chi connectivity index (χ0n) is 14.4. The van der Waals surface area contributed by atoms with Crippen molar-refractivity contribution in [1.82, 2.24) is 19.5 Å². The number of likely N-dealkylation sites (tertiary alicyclic amines) is 1. The summed E-state index contributed by atoms with van der Waals surface area (Å²) in [6, 6.07) is 1.88. The fraction of sp³-hybridized carbons (Fsp3) is 0.588. The van der Waals surface area contributed by atoms with Crippen LogP contribution in [0.1, 0.15) is 56.6 Å². The third kappa shape index (κ3) is 2.56. The highest BCUT2D eigenvalue weighted by molar-refractivity contribution is 5.82. The van der Waals surface area contributed by atoms with Crippen molar-refractivity contribution in [2.75, 3.05) is 6.54 Å². The summed E-state index contributed by atoms with van der Waals surface area (Å²) in [7, 11) is 0. The molecule has 1 amide bonds. The van der Waals surface area contributed by atoms with Gasteiger partial charge in [0, 0.05) is 29.3 Å². The van der Waals surface area contributed by atoms with Crippen LogP contribution in [0.3, 0.4) is 0 Å². The fourth-order valence-electron chi connectivity index (χ4n) is 3.17. The first-order valence-electron chi connectivity index (χ1n) is 8.10. The van der Waals surface area contributed by atoms with E-state index in [1.165, 1.54) is 4.52 Å². The number of aryl methyl sites for hydroxylation is 1. The van der Waals surface area contributed by atoms with Gasteiger partial charge in [0.05, 0.1) is 11.7 Å². The SMILES string of the molecule is Cc1nc2cc(C3CCCN3C(=O)C(C)(C)C)[nH]n2c(=O)c1C. The van der Waals surface area contributed by atoms with Gasteiger partial charge < -0.3 is 4.90 Å². The van der Waals surface area contributed by atoms with Crippen molar-refractivity contribution in [2.45, 2.75) is 53.5 Å². The van der Waals surface area contributed by atoms with E-state index in [2.05, 4.69) is 10.1 Å². The topological polar surface area (TPSA) is 70.5 Å². The van der Waals surface area contributed by atoms with Gasteiger partial charge in [0.2, 0.25) is 5.91 Å². The van der Waals surface area contributed by atoms with Gasteiger partial charge in [-0.05, 0) is 26.7 Å². The average molecular weight is 316 g/mol. The monoisotopic (exact) mass is 316 g/mol. The quantitative estimate of drug-likeness (QED) is 0.878. The van der Waals surface area contributed by atoms with Crippen LogP contribution < -0.4 is 5.56 Å². The normalized spacial score (nSPS) is 18.8. The first-order valence-corrected chi connectivity index (χ1v) is 8.10. The van der Waals surface area contributed by atoms with Crippen molar-refractivity contribution in [3.63, 3.8) is 0 Å². The number of amides is 1. The lowest BCUT2D eigenvalue weighted by atomic mass is 9.94. The molecule has 0 aromatic carbocycles. The molecule has 1 N–H and O–H groups in total. The van der Waals surface area contributed by atoms with Gasteiger partial charge in [0.15, 0.2) is 5.65 Å². The van der Waals surface area contributed by atoms with Crippen LogP contribution in [-0.4, -0.2) is 31.9 Å². The van der Waals surface area contributed by atoms with Crippen LogP contribution in [0.25, 0.3) is 5.65 Å². The largest absolute Gasteiger partial charge is 0.334 e. The number of aromatic amines is 1. The van der Waals surface area contributed by atoms with Crippen molar-refractivity contribution in [1.29, 1.82) is 0 Å². The number of hydrogen-bond acceptors (Lipinski definition) is 3. The Labute approximate surface area is 135 Å². The van der Waals surface area contributed by atoms with Gasteiger partial charge in [0.25, 0.3) is 5.56 Å². The van der Waals surface area contributed by atoms with E-state index in [1.54, 1.807) is 6.92 Å². The number of hydrogen-bond donors (Lipinski definition) is 1. The van der Waals surface area contributed by atoms with Gasteiger partial charge in [-0.1, -0.05) is 20.8 Å². The van der Waals surface area contributed by atoms with Crippen LogP contribution in [0.5, 0.6) is 0 Å². The number of carbonyl (C=O) groups is 1. The minimum absolute atomic E-state index is 0.0107. The van der Waals surface area contributed by atoms with E-state index in [0.29, 0.717) is 11.2 Å². The molecular weight excluding hydrogens is 292 g/mol. The summed E-state index contributed by atoms with van der Waals surface area (Å²) in [4.78, 5) is 31.4. The molecule has 3 heterocycles. The highest BCUT2D eigenvalue weighted by Gasteiger charge is 2.36. The van der Waals surface area contributed by atoms with Crippen molar-refractivity contribution in [3.8, 4) is 0 Å². The lowest BCUT2D eigenvalue weighted by molar-refractivity contribution is -0.140. The highest BCUT2D eigenvalue weighted by Crippen LogP contribution is 2.34. The Balaban J connectivity index is 2.04. The molecule has 0 aliphatic carbocycles. The van der Waals surface area contributed by atoms with E-state index in [-0.39, 0.29) is 17.5 Å². The van der Waals surface area contributed by atoms with Crippen LogP contribution in [-0.2, 0) is 4.79 Å². The number of aromatic nitrogens is 3. The number of rotatable bonds is 1. The van der Waals surface area contributed by atoms with Crippen LogP contribution in [0.2, 0.25) is 0 Å². The average Bonchev–Trinajstić information content (AvgIpc) is 3.09. The zero-order valence-corrected chi connectivity index (χ0v) is 14.4. The predicted octanol–water partition coefficient (Wildman–Crippen LogP) is 2.35. The second-order valence-electron chi connectivity index (χ2n) is 7.44. The predicted molar refractivity (Wildman–Crippen MR) is 88.4 cm³/mol. The van der Waals surface area contributed by atoms with Gasteiger partial charge in [-0.3, -0.25) is 14.7 Å². The Morgan fingerprint density at radius 3 is 2.70 bits per heavy atom. The second-order valence-corrected chi connectivity index (χ2v) is 7.44. The molecule has 0 bridgehead atoms. The number of H-pyrrole nitrogens is 1. The van der Waals surface area contributed by atoms with E-state index in [0.717, 1.165) is 30.8 Å². The van der Waals surface area contributed by atoms with E-state index in [9.17, 15) is 9.59 Å². The maximum absolute atomic E-state index is 12.7. The molecule has 23 heavy (non-hydrogen) atoms. The lowest BCUT2D eigenvalue weighted by Crippen LogP contribution is -2.39. The summed E-state index contributed by atoms with van der Waals surface area (Å²) in [5, 5.41) is 3.16. The molecule has 1 saturated heterocycles. The van der Waals surface area contributed by atoms with Gasteiger partial charge >= 0.3 is 0 Å². The Morgan fingerprint density at radius 1 is 1.35 bits per heavy atom. The summed E-state index contributed by atoms with van der Waals surface area (Å²) in [6.45, 7) is 10.2. The number of nitrogens with one attached hydrogen (secondary N) is 1. The van der Waals surface area contributed by atoms with E-state index in [1.807, 2.05) is 38.7 Å². The standard InChI is InChI=1S/C17H24N4O2/c1-10-11(2)18-14-9-12(19-21(14)15(10)22)13-7-6-8-20(13)16(23)17(3,4)5/h9,13,19H,6-8H2,1-5H3. The molecule has 0 spiro atoms. The molecule has 2 aromatic rings. The van der Waals surface area contributed by atoms with E-state index in [4.69, 9.17) is 0 Å². The summed E-state index contributed by atoms with van der Waals surface area (Å²) < 4.78 is 1.48. The lowest BCUT2D eigenvalue weighted by Gasteiger charge is -2.30.